The van der Waals surface area contributed by atoms with Crippen LogP contribution >= 0.6 is 11.3 Å². The third kappa shape index (κ3) is 3.79. The van der Waals surface area contributed by atoms with E-state index in [2.05, 4.69) is 5.10 Å². The normalized spacial score (nSPS) is 16.0. The number of sulfonamides is 1. The maximum Gasteiger partial charge on any atom is 0.336 e. The topological polar surface area (TPSA) is 113 Å². The minimum absolute atomic E-state index is 0.00466. The van der Waals surface area contributed by atoms with Gasteiger partial charge in [0, 0.05) is 44.8 Å². The second-order valence-electron chi connectivity index (χ2n) is 5.94. The van der Waals surface area contributed by atoms with Crippen molar-refractivity contribution in [3.63, 3.8) is 0 Å². The van der Waals surface area contributed by atoms with Crippen molar-refractivity contribution in [3.8, 4) is 0 Å². The molecule has 1 amide bonds. The number of aromatic nitrogens is 2. The van der Waals surface area contributed by atoms with E-state index in [0.29, 0.717) is 13.1 Å². The van der Waals surface area contributed by atoms with Crippen LogP contribution in [-0.2, 0) is 28.3 Å². The summed E-state index contributed by atoms with van der Waals surface area (Å²) in [4.78, 5) is 24.9. The maximum atomic E-state index is 12.6. The summed E-state index contributed by atoms with van der Waals surface area (Å²) < 4.78 is 28.2. The average molecular weight is 398 g/mol. The molecule has 0 aliphatic carbocycles. The van der Waals surface area contributed by atoms with E-state index in [1.165, 1.54) is 15.8 Å². The molecular formula is C15H18N4O5S2. The van der Waals surface area contributed by atoms with Gasteiger partial charge in [0.05, 0.1) is 18.2 Å². The van der Waals surface area contributed by atoms with E-state index in [1.54, 1.807) is 29.0 Å². The Balaban J connectivity index is 1.61. The van der Waals surface area contributed by atoms with Gasteiger partial charge in [-0.2, -0.15) is 9.40 Å². The molecule has 0 atom stereocenters. The second kappa shape index (κ2) is 7.17. The van der Waals surface area contributed by atoms with Crippen LogP contribution in [0.3, 0.4) is 0 Å². The number of hydrogen-bond acceptors (Lipinski definition) is 6. The fraction of sp³-hybridized carbons (Fsp3) is 0.400. The number of piperazine rings is 1. The number of carbonyl (C=O) groups is 2. The largest absolute Gasteiger partial charge is 0.478 e. The Labute approximate surface area is 154 Å². The molecule has 26 heavy (non-hydrogen) atoms. The molecule has 0 spiro atoms. The van der Waals surface area contributed by atoms with Gasteiger partial charge in [0.2, 0.25) is 5.91 Å². The molecule has 0 unspecified atom stereocenters. The van der Waals surface area contributed by atoms with E-state index < -0.39 is 16.0 Å². The number of rotatable bonds is 5. The van der Waals surface area contributed by atoms with Crippen molar-refractivity contribution >= 4 is 33.2 Å². The van der Waals surface area contributed by atoms with Crippen LogP contribution in [0.2, 0.25) is 0 Å². The molecule has 0 bridgehead atoms. The lowest BCUT2D eigenvalue weighted by atomic mass is 10.2. The number of thiophene rings is 1. The third-order valence-electron chi connectivity index (χ3n) is 4.12. The molecule has 1 aliphatic rings. The molecule has 1 saturated heterocycles. The highest BCUT2D eigenvalue weighted by Gasteiger charge is 2.31. The Morgan fingerprint density at radius 2 is 1.96 bits per heavy atom. The first kappa shape index (κ1) is 18.5. The number of amides is 1. The first-order valence-electron chi connectivity index (χ1n) is 7.84. The van der Waals surface area contributed by atoms with Crippen LogP contribution in [0, 0.1) is 0 Å². The molecule has 0 aromatic carbocycles. The van der Waals surface area contributed by atoms with Crippen molar-refractivity contribution in [1.82, 2.24) is 19.0 Å². The number of carboxylic acids is 1. The summed E-state index contributed by atoms with van der Waals surface area (Å²) in [5.74, 6) is -1.23. The van der Waals surface area contributed by atoms with Crippen molar-refractivity contribution < 1.29 is 23.1 Å². The van der Waals surface area contributed by atoms with Gasteiger partial charge in [0.25, 0.3) is 10.0 Å². The van der Waals surface area contributed by atoms with E-state index in [1.807, 2.05) is 0 Å². The van der Waals surface area contributed by atoms with E-state index in [4.69, 9.17) is 5.11 Å². The Bertz CT molecular complexity index is 925. The van der Waals surface area contributed by atoms with Crippen molar-refractivity contribution in [2.45, 2.75) is 10.6 Å². The van der Waals surface area contributed by atoms with Crippen LogP contribution in [-0.4, -0.2) is 70.6 Å². The lowest BCUT2D eigenvalue weighted by Gasteiger charge is -2.33. The van der Waals surface area contributed by atoms with Gasteiger partial charge in [-0.25, -0.2) is 13.2 Å². The predicted molar refractivity (Wildman–Crippen MR) is 93.5 cm³/mol. The lowest BCUT2D eigenvalue weighted by molar-refractivity contribution is -0.131. The van der Waals surface area contributed by atoms with Crippen LogP contribution < -0.4 is 0 Å². The van der Waals surface area contributed by atoms with Gasteiger partial charge >= 0.3 is 5.97 Å². The highest BCUT2D eigenvalue weighted by molar-refractivity contribution is 7.91. The quantitative estimate of drug-likeness (QED) is 0.773. The number of nitrogens with zero attached hydrogens (tertiary/aromatic N) is 4. The Morgan fingerprint density at radius 1 is 1.27 bits per heavy atom. The second-order valence-corrected chi connectivity index (χ2v) is 9.02. The van der Waals surface area contributed by atoms with Gasteiger partial charge in [-0.05, 0) is 11.6 Å². The minimum Gasteiger partial charge on any atom is -0.478 e. The first-order valence-corrected chi connectivity index (χ1v) is 10.2. The Kier molecular flexibility index (Phi) is 5.12. The molecule has 140 valence electrons. The number of carbonyl (C=O) groups excluding carboxylic acids is 1. The summed E-state index contributed by atoms with van der Waals surface area (Å²) in [7, 11) is -1.97. The molecule has 2 aromatic heterocycles. The van der Waals surface area contributed by atoms with Crippen LogP contribution in [0.15, 0.2) is 28.0 Å². The van der Waals surface area contributed by atoms with Gasteiger partial charge in [-0.3, -0.25) is 9.48 Å². The molecule has 0 radical (unpaired) electrons. The van der Waals surface area contributed by atoms with Crippen molar-refractivity contribution in [3.05, 3.63) is 35.0 Å². The summed E-state index contributed by atoms with van der Waals surface area (Å²) in [5, 5.41) is 14.3. The fourth-order valence-corrected chi connectivity index (χ4v) is 5.45. The summed E-state index contributed by atoms with van der Waals surface area (Å²) in [5.41, 5.74) is 0.770. The van der Waals surface area contributed by atoms with Crippen LogP contribution in [0.25, 0.3) is 0 Å². The highest BCUT2D eigenvalue weighted by atomic mass is 32.2. The van der Waals surface area contributed by atoms with E-state index >= 15 is 0 Å². The molecule has 9 nitrogen and oxygen atoms in total. The number of hydrogen-bond donors (Lipinski definition) is 1. The van der Waals surface area contributed by atoms with Crippen molar-refractivity contribution in [2.24, 2.45) is 7.05 Å². The minimum atomic E-state index is -3.74. The average Bonchev–Trinajstić information content (AvgIpc) is 3.24. The van der Waals surface area contributed by atoms with Crippen LogP contribution in [0.1, 0.15) is 15.9 Å². The zero-order valence-electron chi connectivity index (χ0n) is 14.0. The highest BCUT2D eigenvalue weighted by Crippen LogP contribution is 2.25. The van der Waals surface area contributed by atoms with Gasteiger partial charge in [-0.15, -0.1) is 11.3 Å². The maximum absolute atomic E-state index is 12.6. The molecule has 1 aliphatic heterocycles. The first-order chi connectivity index (χ1) is 12.3. The van der Waals surface area contributed by atoms with Gasteiger partial charge in [0.1, 0.15) is 4.21 Å². The van der Waals surface area contributed by atoms with Crippen molar-refractivity contribution in [2.75, 3.05) is 26.2 Å². The fourth-order valence-electron chi connectivity index (χ4n) is 2.72. The molecular weight excluding hydrogens is 380 g/mol. The Morgan fingerprint density at radius 3 is 2.50 bits per heavy atom. The summed E-state index contributed by atoms with van der Waals surface area (Å²) in [6.45, 7) is 0.966. The smallest absolute Gasteiger partial charge is 0.336 e. The lowest BCUT2D eigenvalue weighted by Crippen LogP contribution is -2.50. The SMILES string of the molecule is Cn1cc(CC(=O)N2CCN(S(=O)(=O)c3cc(C(=O)O)cs3)CC2)cn1. The zero-order valence-corrected chi connectivity index (χ0v) is 15.7. The van der Waals surface area contributed by atoms with E-state index in [0.717, 1.165) is 16.9 Å². The number of carboxylic acid groups (broad SMARTS) is 1. The summed E-state index contributed by atoms with van der Waals surface area (Å²) in [6.07, 6.45) is 3.64. The predicted octanol–water partition coefficient (Wildman–Crippen LogP) is 0.255. The molecule has 3 heterocycles. The summed E-state index contributed by atoms with van der Waals surface area (Å²) in [6, 6.07) is 1.17. The molecule has 11 heteroatoms. The van der Waals surface area contributed by atoms with Crippen LogP contribution in [0.5, 0.6) is 0 Å². The monoisotopic (exact) mass is 398 g/mol. The van der Waals surface area contributed by atoms with Gasteiger partial charge in [0.15, 0.2) is 0 Å². The third-order valence-corrected chi connectivity index (χ3v) is 7.44. The van der Waals surface area contributed by atoms with Crippen LogP contribution in [0.4, 0.5) is 0 Å². The molecule has 0 saturated carbocycles. The standard InChI is InChI=1S/C15H18N4O5S2/c1-17-9-11(8-16-17)6-13(20)18-2-4-19(5-3-18)26(23,24)14-7-12(10-25-14)15(21)22/h7-10H,2-6H2,1H3,(H,21,22). The van der Waals surface area contributed by atoms with E-state index in [9.17, 15) is 18.0 Å². The molecule has 3 rings (SSSR count). The summed E-state index contributed by atoms with van der Waals surface area (Å²) >= 11 is 0.889. The zero-order chi connectivity index (χ0) is 18.9. The van der Waals surface area contributed by atoms with Gasteiger partial charge < -0.3 is 10.0 Å². The Hall–Kier alpha value is -2.24. The molecule has 1 fully saturated rings. The molecule has 2 aromatic rings. The van der Waals surface area contributed by atoms with Gasteiger partial charge in [-0.1, -0.05) is 0 Å². The van der Waals surface area contributed by atoms with E-state index in [-0.39, 0.29) is 35.2 Å². The number of aromatic carboxylic acids is 1. The van der Waals surface area contributed by atoms with Crippen molar-refractivity contribution in [1.29, 1.82) is 0 Å². The molecule has 1 N–H and O–H groups in total. The number of aryl methyl sites for hydroxylation is 1.